The lowest BCUT2D eigenvalue weighted by Crippen LogP contribution is -2.56. The van der Waals surface area contributed by atoms with E-state index in [1.807, 2.05) is 0 Å². The Bertz CT molecular complexity index is 867. The van der Waals surface area contributed by atoms with Gasteiger partial charge in [-0.3, -0.25) is 14.9 Å². The van der Waals surface area contributed by atoms with Crippen LogP contribution >= 0.6 is 0 Å². The van der Waals surface area contributed by atoms with Gasteiger partial charge in [0.1, 0.15) is 11.7 Å². The van der Waals surface area contributed by atoms with Crippen molar-refractivity contribution < 1.29 is 18.1 Å². The second-order valence-corrected chi connectivity index (χ2v) is 9.29. The van der Waals surface area contributed by atoms with Crippen LogP contribution in [0.5, 0.6) is 0 Å². The van der Waals surface area contributed by atoms with Gasteiger partial charge in [-0.2, -0.15) is 4.31 Å². The number of carbonyl (C=O) groups excluding carboxylic acids is 1. The van der Waals surface area contributed by atoms with Gasteiger partial charge in [0, 0.05) is 38.8 Å². The first kappa shape index (κ1) is 20.5. The van der Waals surface area contributed by atoms with E-state index in [9.17, 15) is 23.3 Å². The molecule has 0 aromatic heterocycles. The number of benzene rings is 1. The van der Waals surface area contributed by atoms with Crippen LogP contribution in [-0.2, 0) is 14.8 Å². The number of piperidine rings is 1. The molecule has 3 N–H and O–H groups in total. The summed E-state index contributed by atoms with van der Waals surface area (Å²) in [6.45, 7) is 3.98. The monoisotopic (exact) mass is 411 g/mol. The first-order valence-corrected chi connectivity index (χ1v) is 10.7. The average Bonchev–Trinajstić information content (AvgIpc) is 2.68. The second-order valence-electron chi connectivity index (χ2n) is 7.35. The molecule has 1 aromatic rings. The summed E-state index contributed by atoms with van der Waals surface area (Å²) < 4.78 is 27.2. The molecule has 0 aliphatic carbocycles. The molecule has 1 aromatic carbocycles. The summed E-state index contributed by atoms with van der Waals surface area (Å²) in [5, 5.41) is 14.6. The van der Waals surface area contributed by atoms with Gasteiger partial charge in [-0.25, -0.2) is 8.42 Å². The van der Waals surface area contributed by atoms with Crippen LogP contribution in [0, 0.1) is 16.0 Å². The van der Waals surface area contributed by atoms with Crippen LogP contribution in [0.1, 0.15) is 19.8 Å². The lowest BCUT2D eigenvalue weighted by atomic mass is 10.0. The molecule has 10 nitrogen and oxygen atoms in total. The topological polar surface area (TPSA) is 139 Å². The number of nitro groups is 1. The maximum atomic E-state index is 12.9. The number of hydrogen-bond acceptors (Lipinski definition) is 7. The normalized spacial score (nSPS) is 22.2. The van der Waals surface area contributed by atoms with E-state index >= 15 is 0 Å². The maximum Gasteiger partial charge on any atom is 0.293 e. The minimum absolute atomic E-state index is 0.0842. The van der Waals surface area contributed by atoms with Crippen molar-refractivity contribution in [1.29, 1.82) is 0 Å². The molecule has 2 aliphatic rings. The van der Waals surface area contributed by atoms with E-state index in [4.69, 9.17) is 5.73 Å². The lowest BCUT2D eigenvalue weighted by molar-refractivity contribution is -0.384. The summed E-state index contributed by atoms with van der Waals surface area (Å²) in [4.78, 5) is 24.1. The van der Waals surface area contributed by atoms with E-state index < -0.39 is 26.9 Å². The summed E-state index contributed by atoms with van der Waals surface area (Å²) in [5.74, 6) is -0.0695. The molecular formula is C17H25N5O5S. The van der Waals surface area contributed by atoms with Gasteiger partial charge in [0.25, 0.3) is 5.69 Å². The van der Waals surface area contributed by atoms with E-state index in [1.54, 1.807) is 4.90 Å². The summed E-state index contributed by atoms with van der Waals surface area (Å²) in [6, 6.07) is 3.34. The molecule has 2 aliphatic heterocycles. The van der Waals surface area contributed by atoms with Gasteiger partial charge in [-0.15, -0.1) is 0 Å². The number of nitrogens with one attached hydrogen (secondary N) is 1. The summed E-state index contributed by atoms with van der Waals surface area (Å²) >= 11 is 0. The van der Waals surface area contributed by atoms with E-state index in [1.165, 1.54) is 16.4 Å². The van der Waals surface area contributed by atoms with Crippen molar-refractivity contribution in [3.8, 4) is 0 Å². The molecule has 0 saturated carbocycles. The zero-order chi connectivity index (χ0) is 20.5. The third-order valence-electron chi connectivity index (χ3n) is 5.38. The Balaban J connectivity index is 1.91. The highest BCUT2D eigenvalue weighted by molar-refractivity contribution is 7.89. The highest BCUT2D eigenvalue weighted by atomic mass is 32.2. The van der Waals surface area contributed by atoms with E-state index in [0.29, 0.717) is 32.1 Å². The molecule has 3 rings (SSSR count). The van der Waals surface area contributed by atoms with E-state index in [-0.39, 0.29) is 22.8 Å². The van der Waals surface area contributed by atoms with Gasteiger partial charge in [0.05, 0.1) is 9.82 Å². The fourth-order valence-corrected chi connectivity index (χ4v) is 5.10. The van der Waals surface area contributed by atoms with Crippen LogP contribution in [0.25, 0.3) is 0 Å². The van der Waals surface area contributed by atoms with Gasteiger partial charge in [0.15, 0.2) is 0 Å². The summed E-state index contributed by atoms with van der Waals surface area (Å²) in [6.07, 6.45) is 1.55. The third kappa shape index (κ3) is 4.10. The first-order chi connectivity index (χ1) is 13.2. The third-order valence-corrected chi connectivity index (χ3v) is 7.28. The largest absolute Gasteiger partial charge is 0.368 e. The number of anilines is 1. The summed E-state index contributed by atoms with van der Waals surface area (Å²) in [5.41, 5.74) is 5.32. The van der Waals surface area contributed by atoms with Crippen LogP contribution in [-0.4, -0.2) is 62.3 Å². The number of piperazine rings is 1. The van der Waals surface area contributed by atoms with Crippen LogP contribution in [0.3, 0.4) is 0 Å². The second kappa shape index (κ2) is 8.02. The van der Waals surface area contributed by atoms with Crippen molar-refractivity contribution in [2.75, 3.05) is 37.6 Å². The fraction of sp³-hybridized carbons (Fsp3) is 0.588. The molecule has 0 radical (unpaired) electrons. The van der Waals surface area contributed by atoms with Crippen molar-refractivity contribution in [3.05, 3.63) is 28.3 Å². The standard InChI is InChI=1S/C17H25N5O5S/c1-12-4-7-21(8-5-12)28(26,27)13-2-3-15(16(10-13)22(24)25)20-9-6-19-14(11-20)17(18)23/h2-3,10,12,14,19H,4-9,11H2,1H3,(H2,18,23)/t14-/m1/s1. The number of carbonyl (C=O) groups is 1. The number of sulfonamides is 1. The molecule has 154 valence electrons. The molecule has 28 heavy (non-hydrogen) atoms. The Morgan fingerprint density at radius 3 is 2.57 bits per heavy atom. The minimum Gasteiger partial charge on any atom is -0.368 e. The molecule has 1 atom stereocenters. The number of amides is 1. The molecule has 0 spiro atoms. The number of nitrogens with zero attached hydrogens (tertiary/aromatic N) is 3. The Labute approximate surface area is 163 Å². The van der Waals surface area contributed by atoms with E-state index in [2.05, 4.69) is 12.2 Å². The van der Waals surface area contributed by atoms with Gasteiger partial charge in [-0.1, -0.05) is 6.92 Å². The maximum absolute atomic E-state index is 12.9. The summed E-state index contributed by atoms with van der Waals surface area (Å²) in [7, 11) is -3.79. The molecule has 0 unspecified atom stereocenters. The van der Waals surface area contributed by atoms with Gasteiger partial charge in [-0.05, 0) is 30.9 Å². The highest BCUT2D eigenvalue weighted by Gasteiger charge is 2.32. The Morgan fingerprint density at radius 2 is 1.96 bits per heavy atom. The average molecular weight is 411 g/mol. The van der Waals surface area contributed by atoms with Crippen molar-refractivity contribution in [1.82, 2.24) is 9.62 Å². The molecular weight excluding hydrogens is 386 g/mol. The number of nitrogens with two attached hydrogens (primary N) is 1. The predicted molar refractivity (Wildman–Crippen MR) is 103 cm³/mol. The van der Waals surface area contributed by atoms with Crippen molar-refractivity contribution in [2.45, 2.75) is 30.7 Å². The molecule has 1 amide bonds. The quantitative estimate of drug-likeness (QED) is 0.524. The molecule has 11 heteroatoms. The zero-order valence-corrected chi connectivity index (χ0v) is 16.5. The highest BCUT2D eigenvalue weighted by Crippen LogP contribution is 2.33. The number of hydrogen-bond donors (Lipinski definition) is 2. The van der Waals surface area contributed by atoms with E-state index in [0.717, 1.165) is 18.9 Å². The van der Waals surface area contributed by atoms with Crippen LogP contribution < -0.4 is 16.0 Å². The Morgan fingerprint density at radius 1 is 1.29 bits per heavy atom. The Hall–Kier alpha value is -2.24. The molecule has 2 saturated heterocycles. The Kier molecular flexibility index (Phi) is 5.87. The minimum atomic E-state index is -3.79. The van der Waals surface area contributed by atoms with Gasteiger partial charge >= 0.3 is 0 Å². The SMILES string of the molecule is CC1CCN(S(=O)(=O)c2ccc(N3CCN[C@@H](C(N)=O)C3)c([N+](=O)[O-])c2)CC1. The lowest BCUT2D eigenvalue weighted by Gasteiger charge is -2.33. The zero-order valence-electron chi connectivity index (χ0n) is 15.7. The van der Waals surface area contributed by atoms with Crippen molar-refractivity contribution in [3.63, 3.8) is 0 Å². The van der Waals surface area contributed by atoms with Crippen LogP contribution in [0.15, 0.2) is 23.1 Å². The molecule has 0 bridgehead atoms. The van der Waals surface area contributed by atoms with Gasteiger partial charge < -0.3 is 16.0 Å². The number of primary amides is 1. The van der Waals surface area contributed by atoms with Crippen molar-refractivity contribution in [2.24, 2.45) is 11.7 Å². The number of rotatable bonds is 5. The number of nitro benzene ring substituents is 1. The van der Waals surface area contributed by atoms with Crippen LogP contribution in [0.4, 0.5) is 11.4 Å². The molecule has 2 fully saturated rings. The smallest absolute Gasteiger partial charge is 0.293 e. The predicted octanol–water partition coefficient (Wildman–Crippen LogP) is 0.279. The fourth-order valence-electron chi connectivity index (χ4n) is 3.61. The first-order valence-electron chi connectivity index (χ1n) is 9.26. The molecule has 2 heterocycles. The van der Waals surface area contributed by atoms with Gasteiger partial charge in [0.2, 0.25) is 15.9 Å². The van der Waals surface area contributed by atoms with Crippen molar-refractivity contribution >= 4 is 27.3 Å². The van der Waals surface area contributed by atoms with Crippen LogP contribution in [0.2, 0.25) is 0 Å².